The summed E-state index contributed by atoms with van der Waals surface area (Å²) in [6.45, 7) is 4.22. The van der Waals surface area contributed by atoms with Crippen molar-refractivity contribution in [3.63, 3.8) is 0 Å². The highest BCUT2D eigenvalue weighted by Gasteiger charge is 2.31. The summed E-state index contributed by atoms with van der Waals surface area (Å²) in [5.74, 6) is -0.392. The lowest BCUT2D eigenvalue weighted by Crippen LogP contribution is -2.52. The summed E-state index contributed by atoms with van der Waals surface area (Å²) in [5.41, 5.74) is 2.50. The highest BCUT2D eigenvalue weighted by molar-refractivity contribution is 6.35. The Bertz CT molecular complexity index is 1140. The molecule has 7 heteroatoms. The molecule has 2 amide bonds. The van der Waals surface area contributed by atoms with E-state index in [1.807, 2.05) is 56.3 Å². The van der Waals surface area contributed by atoms with Gasteiger partial charge in [-0.2, -0.15) is 0 Å². The zero-order valence-corrected chi connectivity index (χ0v) is 22.1. The molecule has 0 radical (unpaired) electrons. The SMILES string of the molecule is CC[C@H](C)NC(=O)[C@H](Cc1ccccc1)N(Cc1ccc(Cl)cc1)C(=O)Cc1ccc(Cl)cc1Cl. The number of nitrogens with zero attached hydrogens (tertiary/aromatic N) is 1. The van der Waals surface area contributed by atoms with E-state index in [1.165, 1.54) is 0 Å². The van der Waals surface area contributed by atoms with Crippen molar-refractivity contribution >= 4 is 46.6 Å². The lowest BCUT2D eigenvalue weighted by molar-refractivity contribution is -0.141. The van der Waals surface area contributed by atoms with Crippen LogP contribution in [0.1, 0.15) is 37.0 Å². The number of carbonyl (C=O) groups is 2. The molecular formula is C28H29Cl3N2O2. The van der Waals surface area contributed by atoms with E-state index >= 15 is 0 Å². The van der Waals surface area contributed by atoms with E-state index in [0.717, 1.165) is 17.5 Å². The van der Waals surface area contributed by atoms with Crippen LogP contribution < -0.4 is 5.32 Å². The number of hydrogen-bond donors (Lipinski definition) is 1. The predicted molar refractivity (Wildman–Crippen MR) is 144 cm³/mol. The summed E-state index contributed by atoms with van der Waals surface area (Å²) in [6.07, 6.45) is 1.22. The largest absolute Gasteiger partial charge is 0.352 e. The molecule has 0 aliphatic heterocycles. The van der Waals surface area contributed by atoms with E-state index in [1.54, 1.807) is 35.2 Å². The van der Waals surface area contributed by atoms with Crippen LogP contribution in [-0.2, 0) is 29.0 Å². The van der Waals surface area contributed by atoms with Crippen LogP contribution in [0.4, 0.5) is 0 Å². The summed E-state index contributed by atoms with van der Waals surface area (Å²) in [4.78, 5) is 28.9. The number of halogens is 3. The maximum absolute atomic E-state index is 13.7. The molecule has 3 aromatic rings. The van der Waals surface area contributed by atoms with Gasteiger partial charge in [-0.25, -0.2) is 0 Å². The van der Waals surface area contributed by atoms with Crippen molar-refractivity contribution in [1.29, 1.82) is 0 Å². The van der Waals surface area contributed by atoms with Gasteiger partial charge < -0.3 is 10.2 Å². The van der Waals surface area contributed by atoms with E-state index in [9.17, 15) is 9.59 Å². The molecule has 0 fully saturated rings. The third-order valence-electron chi connectivity index (χ3n) is 5.90. The van der Waals surface area contributed by atoms with Crippen LogP contribution in [-0.4, -0.2) is 28.8 Å². The molecule has 0 saturated heterocycles. The van der Waals surface area contributed by atoms with Gasteiger partial charge in [0.15, 0.2) is 0 Å². The number of carbonyl (C=O) groups excluding carboxylic acids is 2. The molecule has 0 spiro atoms. The summed E-state index contributed by atoms with van der Waals surface area (Å²) in [7, 11) is 0. The van der Waals surface area contributed by atoms with Crippen LogP contribution in [0.2, 0.25) is 15.1 Å². The molecule has 0 heterocycles. The molecular weight excluding hydrogens is 503 g/mol. The van der Waals surface area contributed by atoms with Crippen LogP contribution >= 0.6 is 34.8 Å². The van der Waals surface area contributed by atoms with Crippen molar-refractivity contribution in [3.8, 4) is 0 Å². The first-order valence-electron chi connectivity index (χ1n) is 11.6. The average molecular weight is 532 g/mol. The van der Waals surface area contributed by atoms with E-state index in [2.05, 4.69) is 5.32 Å². The standard InChI is InChI=1S/C28H29Cl3N2O2/c1-3-19(2)32-28(35)26(15-20-7-5-4-6-8-20)33(18-21-9-12-23(29)13-10-21)27(34)16-22-11-14-24(30)17-25(22)31/h4-14,17,19,26H,3,15-16,18H2,1-2H3,(H,32,35)/t19-,26-/m0/s1. The maximum atomic E-state index is 13.7. The number of nitrogens with one attached hydrogen (secondary N) is 1. The van der Waals surface area contributed by atoms with Gasteiger partial charge in [0.25, 0.3) is 0 Å². The van der Waals surface area contributed by atoms with E-state index in [0.29, 0.717) is 27.1 Å². The fraction of sp³-hybridized carbons (Fsp3) is 0.286. The second kappa shape index (κ2) is 13.0. The molecule has 3 rings (SSSR count). The third kappa shape index (κ3) is 7.99. The van der Waals surface area contributed by atoms with Gasteiger partial charge in [-0.1, -0.05) is 90.3 Å². The quantitative estimate of drug-likeness (QED) is 0.315. The van der Waals surface area contributed by atoms with Crippen LogP contribution in [0.15, 0.2) is 72.8 Å². The normalized spacial score (nSPS) is 12.6. The van der Waals surface area contributed by atoms with Crippen molar-refractivity contribution in [3.05, 3.63) is 105 Å². The lowest BCUT2D eigenvalue weighted by Gasteiger charge is -2.32. The summed E-state index contributed by atoms with van der Waals surface area (Å²) < 4.78 is 0. The van der Waals surface area contributed by atoms with Crippen LogP contribution in [0.5, 0.6) is 0 Å². The Morgan fingerprint density at radius 3 is 2.17 bits per heavy atom. The number of amides is 2. The van der Waals surface area contributed by atoms with Crippen molar-refractivity contribution in [2.24, 2.45) is 0 Å². The molecule has 0 bridgehead atoms. The highest BCUT2D eigenvalue weighted by Crippen LogP contribution is 2.24. The Morgan fingerprint density at radius 2 is 1.54 bits per heavy atom. The molecule has 0 aromatic heterocycles. The Labute approximate surface area is 222 Å². The fourth-order valence-electron chi connectivity index (χ4n) is 3.71. The minimum Gasteiger partial charge on any atom is -0.352 e. The molecule has 35 heavy (non-hydrogen) atoms. The monoisotopic (exact) mass is 530 g/mol. The maximum Gasteiger partial charge on any atom is 0.243 e. The topological polar surface area (TPSA) is 49.4 Å². The molecule has 0 aliphatic rings. The summed E-state index contributed by atoms with van der Waals surface area (Å²) >= 11 is 18.5. The number of rotatable bonds is 10. The summed E-state index contributed by atoms with van der Waals surface area (Å²) in [6, 6.07) is 21.3. The second-order valence-electron chi connectivity index (χ2n) is 8.58. The van der Waals surface area contributed by atoms with Crippen molar-refractivity contribution in [2.45, 2.75) is 51.7 Å². The van der Waals surface area contributed by atoms with E-state index in [4.69, 9.17) is 34.8 Å². The summed E-state index contributed by atoms with van der Waals surface area (Å²) in [5, 5.41) is 4.59. The van der Waals surface area contributed by atoms with Crippen molar-refractivity contribution in [2.75, 3.05) is 0 Å². The van der Waals surface area contributed by atoms with E-state index in [-0.39, 0.29) is 30.8 Å². The average Bonchev–Trinajstić information content (AvgIpc) is 2.84. The number of benzene rings is 3. The Morgan fingerprint density at radius 1 is 0.886 bits per heavy atom. The molecule has 1 N–H and O–H groups in total. The molecule has 2 atom stereocenters. The minimum atomic E-state index is -0.708. The molecule has 0 aliphatic carbocycles. The van der Waals surface area contributed by atoms with Crippen LogP contribution in [0.25, 0.3) is 0 Å². The second-order valence-corrected chi connectivity index (χ2v) is 9.86. The Kier molecular flexibility index (Phi) is 10.0. The first kappa shape index (κ1) is 27.1. The highest BCUT2D eigenvalue weighted by atomic mass is 35.5. The van der Waals surface area contributed by atoms with Crippen LogP contribution in [0.3, 0.4) is 0 Å². The zero-order valence-electron chi connectivity index (χ0n) is 19.8. The van der Waals surface area contributed by atoms with Crippen molar-refractivity contribution < 1.29 is 9.59 Å². The van der Waals surface area contributed by atoms with Crippen LogP contribution in [0, 0.1) is 0 Å². The Hall–Kier alpha value is -2.53. The van der Waals surface area contributed by atoms with Gasteiger partial charge in [0.1, 0.15) is 6.04 Å². The van der Waals surface area contributed by atoms with Gasteiger partial charge in [-0.05, 0) is 54.3 Å². The van der Waals surface area contributed by atoms with E-state index < -0.39 is 6.04 Å². The first-order chi connectivity index (χ1) is 16.8. The van der Waals surface area contributed by atoms with Gasteiger partial charge in [0.2, 0.25) is 11.8 Å². The smallest absolute Gasteiger partial charge is 0.243 e. The van der Waals surface area contributed by atoms with Gasteiger partial charge in [0.05, 0.1) is 6.42 Å². The molecule has 0 unspecified atom stereocenters. The molecule has 0 saturated carbocycles. The Balaban J connectivity index is 1.98. The first-order valence-corrected chi connectivity index (χ1v) is 12.7. The van der Waals surface area contributed by atoms with Gasteiger partial charge >= 0.3 is 0 Å². The van der Waals surface area contributed by atoms with Gasteiger partial charge in [-0.15, -0.1) is 0 Å². The third-order valence-corrected chi connectivity index (χ3v) is 6.73. The molecule has 3 aromatic carbocycles. The number of hydrogen-bond acceptors (Lipinski definition) is 2. The minimum absolute atomic E-state index is 0.0148. The van der Waals surface area contributed by atoms with Gasteiger partial charge in [0, 0.05) is 34.1 Å². The van der Waals surface area contributed by atoms with Gasteiger partial charge in [-0.3, -0.25) is 9.59 Å². The molecule has 184 valence electrons. The fourth-order valence-corrected chi connectivity index (χ4v) is 4.31. The lowest BCUT2D eigenvalue weighted by atomic mass is 10.0. The molecule has 4 nitrogen and oxygen atoms in total. The van der Waals surface area contributed by atoms with Crippen molar-refractivity contribution in [1.82, 2.24) is 10.2 Å². The predicted octanol–water partition coefficient (Wildman–Crippen LogP) is 6.74. The zero-order chi connectivity index (χ0) is 25.4.